The number of hydrogen-bond acceptors (Lipinski definition) is 3. The highest BCUT2D eigenvalue weighted by Crippen LogP contribution is 2.15. The molecule has 0 spiro atoms. The van der Waals surface area contributed by atoms with Crippen molar-refractivity contribution >= 4 is 10.1 Å². The lowest BCUT2D eigenvalue weighted by Gasteiger charge is -2.05. The highest BCUT2D eigenvalue weighted by atomic mass is 32.2. The van der Waals surface area contributed by atoms with E-state index in [0.29, 0.717) is 6.42 Å². The first kappa shape index (κ1) is 8.96. The second kappa shape index (κ2) is 3.51. The summed E-state index contributed by atoms with van der Waals surface area (Å²) in [7, 11) is -3.79. The SMILES string of the molecule is O=S(=O)(O)CCC1CCCO1. The molecule has 1 rings (SSSR count). The van der Waals surface area contributed by atoms with E-state index in [1.165, 1.54) is 0 Å². The van der Waals surface area contributed by atoms with Crippen molar-refractivity contribution in [1.82, 2.24) is 0 Å². The molecule has 1 fully saturated rings. The molecular weight excluding hydrogens is 168 g/mol. The standard InChI is InChI=1S/C6H12O4S/c7-11(8,9)5-3-6-2-1-4-10-6/h6H,1-5H2,(H,7,8,9). The third-order valence-electron chi connectivity index (χ3n) is 1.72. The summed E-state index contributed by atoms with van der Waals surface area (Å²) in [6.07, 6.45) is 2.36. The Labute approximate surface area is 66.3 Å². The summed E-state index contributed by atoms with van der Waals surface area (Å²) >= 11 is 0. The fourth-order valence-corrected chi connectivity index (χ4v) is 1.71. The van der Waals surface area contributed by atoms with Crippen LogP contribution in [-0.4, -0.2) is 31.4 Å². The maximum absolute atomic E-state index is 10.3. The van der Waals surface area contributed by atoms with E-state index < -0.39 is 10.1 Å². The third kappa shape index (κ3) is 3.69. The maximum Gasteiger partial charge on any atom is 0.264 e. The van der Waals surface area contributed by atoms with Crippen molar-refractivity contribution in [1.29, 1.82) is 0 Å². The molecular formula is C6H12O4S. The van der Waals surface area contributed by atoms with Crippen molar-refractivity contribution < 1.29 is 17.7 Å². The summed E-state index contributed by atoms with van der Waals surface area (Å²) in [5, 5.41) is 0. The van der Waals surface area contributed by atoms with Crippen LogP contribution in [0.5, 0.6) is 0 Å². The molecule has 0 saturated carbocycles. The van der Waals surface area contributed by atoms with Gasteiger partial charge in [0.2, 0.25) is 0 Å². The van der Waals surface area contributed by atoms with Gasteiger partial charge < -0.3 is 4.74 Å². The Balaban J connectivity index is 2.22. The van der Waals surface area contributed by atoms with Crippen molar-refractivity contribution in [2.24, 2.45) is 0 Å². The van der Waals surface area contributed by atoms with Crippen LogP contribution >= 0.6 is 0 Å². The van der Waals surface area contributed by atoms with Crippen LogP contribution in [0.25, 0.3) is 0 Å². The average molecular weight is 180 g/mol. The largest absolute Gasteiger partial charge is 0.378 e. The van der Waals surface area contributed by atoms with Crippen LogP contribution in [0.3, 0.4) is 0 Å². The summed E-state index contributed by atoms with van der Waals surface area (Å²) in [5.74, 6) is -0.183. The van der Waals surface area contributed by atoms with Crippen LogP contribution in [-0.2, 0) is 14.9 Å². The van der Waals surface area contributed by atoms with E-state index in [0.717, 1.165) is 19.4 Å². The van der Waals surface area contributed by atoms with Crippen LogP contribution in [0.1, 0.15) is 19.3 Å². The number of hydrogen-bond donors (Lipinski definition) is 1. The van der Waals surface area contributed by atoms with Gasteiger partial charge in [-0.1, -0.05) is 0 Å². The Bertz CT molecular complexity index is 203. The second-order valence-electron chi connectivity index (χ2n) is 2.71. The first-order valence-electron chi connectivity index (χ1n) is 3.65. The molecule has 5 heteroatoms. The van der Waals surface area contributed by atoms with Gasteiger partial charge in [-0.15, -0.1) is 0 Å². The highest BCUT2D eigenvalue weighted by Gasteiger charge is 2.17. The third-order valence-corrected chi connectivity index (χ3v) is 2.47. The summed E-state index contributed by atoms with van der Waals surface area (Å²) < 4.78 is 34.1. The Hall–Kier alpha value is -0.130. The lowest BCUT2D eigenvalue weighted by atomic mass is 10.2. The minimum atomic E-state index is -3.79. The van der Waals surface area contributed by atoms with Crippen LogP contribution in [0.2, 0.25) is 0 Å². The van der Waals surface area contributed by atoms with Crippen molar-refractivity contribution in [3.8, 4) is 0 Å². The van der Waals surface area contributed by atoms with Gasteiger partial charge in [0.1, 0.15) is 0 Å². The van der Waals surface area contributed by atoms with E-state index >= 15 is 0 Å². The second-order valence-corrected chi connectivity index (χ2v) is 4.28. The first-order valence-corrected chi connectivity index (χ1v) is 5.25. The zero-order valence-corrected chi connectivity index (χ0v) is 7.01. The molecule has 1 aliphatic heterocycles. The first-order chi connectivity index (χ1) is 5.08. The van der Waals surface area contributed by atoms with E-state index in [1.807, 2.05) is 0 Å². The zero-order valence-electron chi connectivity index (χ0n) is 6.19. The van der Waals surface area contributed by atoms with Gasteiger partial charge in [0.05, 0.1) is 11.9 Å². The summed E-state index contributed by atoms with van der Waals surface area (Å²) in [5.41, 5.74) is 0. The van der Waals surface area contributed by atoms with Gasteiger partial charge in [0.15, 0.2) is 0 Å². The molecule has 11 heavy (non-hydrogen) atoms. The van der Waals surface area contributed by atoms with Crippen molar-refractivity contribution in [3.05, 3.63) is 0 Å². The molecule has 0 aromatic carbocycles. The highest BCUT2D eigenvalue weighted by molar-refractivity contribution is 7.85. The molecule has 4 nitrogen and oxygen atoms in total. The Morgan fingerprint density at radius 1 is 1.55 bits per heavy atom. The van der Waals surface area contributed by atoms with Crippen LogP contribution in [0, 0.1) is 0 Å². The molecule has 1 aliphatic rings. The molecule has 0 aromatic heterocycles. The molecule has 0 aromatic rings. The lowest BCUT2D eigenvalue weighted by molar-refractivity contribution is 0.108. The smallest absolute Gasteiger partial charge is 0.264 e. The fourth-order valence-electron chi connectivity index (χ4n) is 1.15. The molecule has 0 aliphatic carbocycles. The number of ether oxygens (including phenoxy) is 1. The van der Waals surface area contributed by atoms with E-state index in [1.54, 1.807) is 0 Å². The van der Waals surface area contributed by atoms with E-state index in [9.17, 15) is 8.42 Å². The topological polar surface area (TPSA) is 63.6 Å². The van der Waals surface area contributed by atoms with Gasteiger partial charge in [-0.25, -0.2) is 0 Å². The molecule has 1 atom stereocenters. The van der Waals surface area contributed by atoms with E-state index in [-0.39, 0.29) is 11.9 Å². The fraction of sp³-hybridized carbons (Fsp3) is 1.00. The quantitative estimate of drug-likeness (QED) is 0.640. The van der Waals surface area contributed by atoms with Gasteiger partial charge in [-0.3, -0.25) is 4.55 Å². The van der Waals surface area contributed by atoms with Gasteiger partial charge in [-0.2, -0.15) is 8.42 Å². The Morgan fingerprint density at radius 2 is 2.27 bits per heavy atom. The van der Waals surface area contributed by atoms with E-state index in [4.69, 9.17) is 9.29 Å². The predicted octanol–water partition coefficient (Wildman–Crippen LogP) is 0.443. The van der Waals surface area contributed by atoms with Crippen molar-refractivity contribution in [2.75, 3.05) is 12.4 Å². The van der Waals surface area contributed by atoms with Crippen LogP contribution in [0.4, 0.5) is 0 Å². The molecule has 1 heterocycles. The number of rotatable bonds is 3. The summed E-state index contributed by atoms with van der Waals surface area (Å²) in [4.78, 5) is 0. The Morgan fingerprint density at radius 3 is 2.73 bits per heavy atom. The molecule has 0 amide bonds. The molecule has 1 unspecified atom stereocenters. The monoisotopic (exact) mass is 180 g/mol. The molecule has 0 radical (unpaired) electrons. The van der Waals surface area contributed by atoms with Crippen molar-refractivity contribution in [3.63, 3.8) is 0 Å². The van der Waals surface area contributed by atoms with Gasteiger partial charge in [0, 0.05) is 6.61 Å². The van der Waals surface area contributed by atoms with E-state index in [2.05, 4.69) is 0 Å². The zero-order chi connectivity index (χ0) is 8.32. The lowest BCUT2D eigenvalue weighted by Crippen LogP contribution is -2.13. The van der Waals surface area contributed by atoms with Gasteiger partial charge >= 0.3 is 0 Å². The maximum atomic E-state index is 10.3. The van der Waals surface area contributed by atoms with Gasteiger partial charge in [0.25, 0.3) is 10.1 Å². The molecule has 1 N–H and O–H groups in total. The van der Waals surface area contributed by atoms with Crippen LogP contribution in [0.15, 0.2) is 0 Å². The van der Waals surface area contributed by atoms with Crippen LogP contribution < -0.4 is 0 Å². The van der Waals surface area contributed by atoms with Gasteiger partial charge in [-0.05, 0) is 19.3 Å². The molecule has 66 valence electrons. The molecule has 0 bridgehead atoms. The predicted molar refractivity (Wildman–Crippen MR) is 40.0 cm³/mol. The normalized spacial score (nSPS) is 25.7. The Kier molecular flexibility index (Phi) is 2.86. The minimum absolute atomic E-state index is 0.0388. The average Bonchev–Trinajstić information content (AvgIpc) is 2.32. The van der Waals surface area contributed by atoms with Crippen molar-refractivity contribution in [2.45, 2.75) is 25.4 Å². The summed E-state index contributed by atoms with van der Waals surface area (Å²) in [6, 6.07) is 0. The summed E-state index contributed by atoms with van der Waals surface area (Å²) in [6.45, 7) is 0.718. The molecule has 1 saturated heterocycles. The minimum Gasteiger partial charge on any atom is -0.378 e.